The lowest BCUT2D eigenvalue weighted by atomic mass is 9.97. The zero-order chi connectivity index (χ0) is 26.3. The van der Waals surface area contributed by atoms with Gasteiger partial charge in [-0.1, -0.05) is 23.7 Å². The van der Waals surface area contributed by atoms with Crippen LogP contribution in [0.3, 0.4) is 0 Å². The lowest BCUT2D eigenvalue weighted by molar-refractivity contribution is -0.274. The molecule has 2 aromatic carbocycles. The van der Waals surface area contributed by atoms with Crippen molar-refractivity contribution in [3.63, 3.8) is 0 Å². The molecule has 0 radical (unpaired) electrons. The van der Waals surface area contributed by atoms with Crippen LogP contribution < -0.4 is 9.64 Å². The first-order chi connectivity index (χ1) is 17.0. The van der Waals surface area contributed by atoms with Crippen LogP contribution in [-0.4, -0.2) is 61.7 Å². The Labute approximate surface area is 206 Å². The maximum absolute atomic E-state index is 13.4. The van der Waals surface area contributed by atoms with Gasteiger partial charge < -0.3 is 18.9 Å². The van der Waals surface area contributed by atoms with E-state index in [1.54, 1.807) is 18.2 Å². The third-order valence-electron chi connectivity index (χ3n) is 5.39. The van der Waals surface area contributed by atoms with Gasteiger partial charge in [0.25, 0.3) is 0 Å². The quantitative estimate of drug-likeness (QED) is 0.553. The molecule has 0 aromatic heterocycles. The van der Waals surface area contributed by atoms with Crippen molar-refractivity contribution in [1.29, 1.82) is 0 Å². The predicted molar refractivity (Wildman–Crippen MR) is 118 cm³/mol. The fourth-order valence-corrected chi connectivity index (χ4v) is 4.09. The smallest absolute Gasteiger partial charge is 0.467 e. The molecule has 0 N–H and O–H groups in total. The maximum atomic E-state index is 13.4. The molecule has 14 heteroatoms. The van der Waals surface area contributed by atoms with Crippen molar-refractivity contribution in [2.75, 3.05) is 25.9 Å². The number of ether oxygens (including phenoxy) is 4. The normalized spacial score (nSPS) is 18.5. The first kappa shape index (κ1) is 25.3. The van der Waals surface area contributed by atoms with Gasteiger partial charge in [-0.25, -0.2) is 14.4 Å². The predicted octanol–water partition coefficient (Wildman–Crippen LogP) is 4.09. The van der Waals surface area contributed by atoms with Crippen molar-refractivity contribution < 1.29 is 46.5 Å². The average molecular weight is 528 g/mol. The molecule has 1 aliphatic carbocycles. The zero-order valence-corrected chi connectivity index (χ0v) is 19.4. The fourth-order valence-electron chi connectivity index (χ4n) is 3.89. The van der Waals surface area contributed by atoms with Gasteiger partial charge in [-0.05, 0) is 29.8 Å². The Bertz CT molecular complexity index is 1270. The molecule has 2 aliphatic rings. The minimum atomic E-state index is -5.00. The molecular weight excluding hydrogens is 511 g/mol. The third-order valence-corrected chi connectivity index (χ3v) is 5.63. The summed E-state index contributed by atoms with van der Waals surface area (Å²) in [7, 11) is 2.15. The van der Waals surface area contributed by atoms with Crippen LogP contribution in [0.4, 0.5) is 28.4 Å². The number of hydrazone groups is 1. The van der Waals surface area contributed by atoms with Crippen molar-refractivity contribution in [2.24, 2.45) is 5.10 Å². The minimum absolute atomic E-state index is 0.0357. The number of hydrogen-bond acceptors (Lipinski definition) is 8. The number of imide groups is 1. The number of fused-ring (bicyclic) bond motifs is 3. The average Bonchev–Trinajstić information content (AvgIpc) is 3.16. The second kappa shape index (κ2) is 9.32. The molecule has 0 unspecified atom stereocenters. The van der Waals surface area contributed by atoms with E-state index >= 15 is 0 Å². The SMILES string of the molecule is COC(=O)N(C(=O)N1CO[C@@]2(C(=O)OC)Cc3cc(Cl)ccc3C2=N1)c1cccc(OC(F)(F)F)c1. The highest BCUT2D eigenvalue weighted by molar-refractivity contribution is 6.31. The van der Waals surface area contributed by atoms with Crippen LogP contribution in [0.25, 0.3) is 0 Å². The molecule has 1 atom stereocenters. The number of benzene rings is 2. The Morgan fingerprint density at radius 1 is 1.14 bits per heavy atom. The zero-order valence-electron chi connectivity index (χ0n) is 18.7. The molecule has 0 saturated heterocycles. The van der Waals surface area contributed by atoms with E-state index in [9.17, 15) is 27.6 Å². The number of carbonyl (C=O) groups is 3. The summed E-state index contributed by atoms with van der Waals surface area (Å²) in [4.78, 5) is 39.0. The number of rotatable bonds is 3. The molecule has 3 amide bonds. The van der Waals surface area contributed by atoms with E-state index in [0.29, 0.717) is 21.0 Å². The Balaban J connectivity index is 1.74. The van der Waals surface area contributed by atoms with Gasteiger partial charge in [-0.3, -0.25) is 0 Å². The van der Waals surface area contributed by atoms with Gasteiger partial charge in [-0.2, -0.15) is 15.0 Å². The first-order valence-corrected chi connectivity index (χ1v) is 10.5. The highest BCUT2D eigenvalue weighted by Crippen LogP contribution is 2.39. The molecule has 10 nitrogen and oxygen atoms in total. The molecule has 0 fully saturated rings. The van der Waals surface area contributed by atoms with Crippen molar-refractivity contribution in [2.45, 2.75) is 18.4 Å². The van der Waals surface area contributed by atoms with Gasteiger partial charge in [-0.15, -0.1) is 13.2 Å². The van der Waals surface area contributed by atoms with E-state index in [1.165, 1.54) is 13.2 Å². The summed E-state index contributed by atoms with van der Waals surface area (Å²) < 4.78 is 57.2. The van der Waals surface area contributed by atoms with E-state index in [0.717, 1.165) is 30.3 Å². The molecule has 190 valence electrons. The van der Waals surface area contributed by atoms with Crippen LogP contribution in [0.1, 0.15) is 11.1 Å². The number of carbonyl (C=O) groups excluding carboxylic acids is 3. The van der Waals surface area contributed by atoms with Gasteiger partial charge in [0, 0.05) is 23.1 Å². The standard InChI is InChI=1S/C22H17ClF3N3O7/c1-33-18(30)21-10-12-8-13(23)6-7-16(12)17(21)27-28(11-35-21)19(31)29(20(32)34-2)14-4-3-5-15(9-14)36-22(24,25)26/h3-9H,10-11H2,1-2H3/t21-/m0/s1. The first-order valence-electron chi connectivity index (χ1n) is 10.1. The number of urea groups is 1. The van der Waals surface area contributed by atoms with Crippen molar-refractivity contribution in [3.8, 4) is 5.75 Å². The summed E-state index contributed by atoms with van der Waals surface area (Å²) in [5.74, 6) is -1.43. The topological polar surface area (TPSA) is 107 Å². The van der Waals surface area contributed by atoms with Crippen LogP contribution in [0.15, 0.2) is 47.6 Å². The number of alkyl halides is 3. The minimum Gasteiger partial charge on any atom is -0.467 e. The van der Waals surface area contributed by atoms with Gasteiger partial charge in [0.2, 0.25) is 5.60 Å². The van der Waals surface area contributed by atoms with E-state index in [4.69, 9.17) is 21.1 Å². The van der Waals surface area contributed by atoms with Crippen LogP contribution in [0.5, 0.6) is 5.75 Å². The Hall–Kier alpha value is -3.84. The van der Waals surface area contributed by atoms with Crippen LogP contribution >= 0.6 is 11.6 Å². The lowest BCUT2D eigenvalue weighted by Crippen LogP contribution is -2.56. The summed E-state index contributed by atoms with van der Waals surface area (Å²) in [6.07, 6.45) is -6.18. The fraction of sp³-hybridized carbons (Fsp3) is 0.273. The summed E-state index contributed by atoms with van der Waals surface area (Å²) in [5.41, 5.74) is -0.832. The molecule has 36 heavy (non-hydrogen) atoms. The summed E-state index contributed by atoms with van der Waals surface area (Å²) >= 11 is 6.07. The Morgan fingerprint density at radius 2 is 1.89 bits per heavy atom. The number of amides is 3. The number of methoxy groups -OCH3 is 2. The second-order valence-electron chi connectivity index (χ2n) is 7.55. The Morgan fingerprint density at radius 3 is 2.56 bits per heavy atom. The maximum Gasteiger partial charge on any atom is 0.573 e. The van der Waals surface area contributed by atoms with Crippen LogP contribution in [0.2, 0.25) is 5.02 Å². The molecule has 1 heterocycles. The lowest BCUT2D eigenvalue weighted by Gasteiger charge is -2.35. The van der Waals surface area contributed by atoms with Gasteiger partial charge in [0.15, 0.2) is 0 Å². The van der Waals surface area contributed by atoms with E-state index in [1.807, 2.05) is 0 Å². The molecule has 0 saturated carbocycles. The number of nitrogens with zero attached hydrogens (tertiary/aromatic N) is 3. The number of hydrogen-bond donors (Lipinski definition) is 0. The molecule has 0 spiro atoms. The highest BCUT2D eigenvalue weighted by Gasteiger charge is 2.55. The van der Waals surface area contributed by atoms with Gasteiger partial charge in [0.1, 0.15) is 18.2 Å². The number of anilines is 1. The largest absolute Gasteiger partial charge is 0.573 e. The summed E-state index contributed by atoms with van der Waals surface area (Å²) in [6, 6.07) is 7.81. The van der Waals surface area contributed by atoms with Gasteiger partial charge >= 0.3 is 24.5 Å². The van der Waals surface area contributed by atoms with E-state index < -0.39 is 42.5 Å². The molecule has 0 bridgehead atoms. The van der Waals surface area contributed by atoms with Crippen molar-refractivity contribution >= 4 is 41.1 Å². The molecular formula is C22H17ClF3N3O7. The summed E-state index contributed by atoms with van der Waals surface area (Å²) in [5, 5.41) is 5.40. The van der Waals surface area contributed by atoms with E-state index in [2.05, 4.69) is 14.6 Å². The Kier molecular flexibility index (Phi) is 6.54. The molecule has 1 aliphatic heterocycles. The van der Waals surface area contributed by atoms with E-state index in [-0.39, 0.29) is 17.8 Å². The van der Waals surface area contributed by atoms with Gasteiger partial charge in [0.05, 0.1) is 19.9 Å². The summed E-state index contributed by atoms with van der Waals surface area (Å²) in [6.45, 7) is -0.592. The third kappa shape index (κ3) is 4.54. The second-order valence-corrected chi connectivity index (χ2v) is 7.99. The van der Waals surface area contributed by atoms with Crippen LogP contribution in [-0.2, 0) is 25.4 Å². The molecule has 2 aromatic rings. The van der Waals surface area contributed by atoms with Crippen LogP contribution in [0, 0.1) is 0 Å². The number of esters is 1. The highest BCUT2D eigenvalue weighted by atomic mass is 35.5. The molecule has 4 rings (SSSR count). The van der Waals surface area contributed by atoms with Crippen molar-refractivity contribution in [3.05, 3.63) is 58.6 Å². The van der Waals surface area contributed by atoms with Crippen molar-refractivity contribution in [1.82, 2.24) is 5.01 Å². The number of halogens is 4. The monoisotopic (exact) mass is 527 g/mol.